The second-order valence-corrected chi connectivity index (χ2v) is 7.24. The molecule has 0 fully saturated rings. The molecular formula is C21H21ClF4N2O4. The van der Waals surface area contributed by atoms with Gasteiger partial charge in [0.1, 0.15) is 11.6 Å². The van der Waals surface area contributed by atoms with Crippen molar-refractivity contribution in [3.05, 3.63) is 64.4 Å². The third-order valence-electron chi connectivity index (χ3n) is 4.23. The molecule has 2 aromatic carbocycles. The van der Waals surface area contributed by atoms with Crippen LogP contribution in [0.3, 0.4) is 0 Å². The smallest absolute Gasteiger partial charge is 0.416 e. The molecule has 1 unspecified atom stereocenters. The zero-order chi connectivity index (χ0) is 23.7. The molecule has 1 atom stereocenters. The minimum absolute atomic E-state index is 0.0548. The molecule has 174 valence electrons. The summed E-state index contributed by atoms with van der Waals surface area (Å²) in [7, 11) is 0. The first-order valence-electron chi connectivity index (χ1n) is 9.50. The molecule has 2 aromatic rings. The van der Waals surface area contributed by atoms with Gasteiger partial charge in [0.05, 0.1) is 23.1 Å². The Morgan fingerprint density at radius 3 is 2.53 bits per heavy atom. The lowest BCUT2D eigenvalue weighted by Gasteiger charge is -2.13. The number of amides is 2. The summed E-state index contributed by atoms with van der Waals surface area (Å²) in [6.45, 7) is -0.442. The highest BCUT2D eigenvalue weighted by Gasteiger charge is 2.30. The van der Waals surface area contributed by atoms with E-state index in [2.05, 4.69) is 10.6 Å². The van der Waals surface area contributed by atoms with Gasteiger partial charge >= 0.3 is 6.18 Å². The van der Waals surface area contributed by atoms with Crippen LogP contribution < -0.4 is 15.4 Å². The maximum absolute atomic E-state index is 13.3. The Balaban J connectivity index is 1.64. The lowest BCUT2D eigenvalue weighted by atomic mass is 10.1. The zero-order valence-electron chi connectivity index (χ0n) is 16.7. The van der Waals surface area contributed by atoms with Crippen LogP contribution in [0.1, 0.15) is 24.0 Å². The van der Waals surface area contributed by atoms with Crippen molar-refractivity contribution in [3.8, 4) is 5.75 Å². The second-order valence-electron chi connectivity index (χ2n) is 6.84. The fourth-order valence-corrected chi connectivity index (χ4v) is 2.71. The van der Waals surface area contributed by atoms with Gasteiger partial charge in [-0.2, -0.15) is 13.2 Å². The van der Waals surface area contributed by atoms with Gasteiger partial charge in [0.25, 0.3) is 5.91 Å². The number of nitrogens with one attached hydrogen (secondary N) is 2. The van der Waals surface area contributed by atoms with E-state index in [-0.39, 0.29) is 48.9 Å². The van der Waals surface area contributed by atoms with Crippen LogP contribution in [0.15, 0.2) is 42.5 Å². The Morgan fingerprint density at radius 2 is 1.84 bits per heavy atom. The molecule has 0 aliphatic carbocycles. The lowest BCUT2D eigenvalue weighted by Crippen LogP contribution is -2.33. The number of carbonyl (C=O) groups is 2. The van der Waals surface area contributed by atoms with E-state index in [4.69, 9.17) is 16.3 Å². The quantitative estimate of drug-likeness (QED) is 0.458. The minimum Gasteiger partial charge on any atom is -0.484 e. The van der Waals surface area contributed by atoms with Gasteiger partial charge in [0.2, 0.25) is 5.91 Å². The standard InChI is InChI=1S/C21H21ClF4N2O4/c22-17-5-4-16(10-18(17)23)32-12-20(31)27-7-6-15(29)9-19(30)28-11-13-2-1-3-14(8-13)21(24,25)26/h1-5,8,10,15,29H,6-7,9,11-12H2,(H,27,31)(H,28,30). The predicted molar refractivity (Wildman–Crippen MR) is 108 cm³/mol. The Bertz CT molecular complexity index is 940. The van der Waals surface area contributed by atoms with Crippen LogP contribution in [-0.2, 0) is 22.3 Å². The lowest BCUT2D eigenvalue weighted by molar-refractivity contribution is -0.137. The molecule has 0 radical (unpaired) electrons. The first-order valence-corrected chi connectivity index (χ1v) is 9.88. The van der Waals surface area contributed by atoms with Gasteiger partial charge in [-0.05, 0) is 36.2 Å². The molecule has 0 spiro atoms. The van der Waals surface area contributed by atoms with Gasteiger partial charge in [-0.1, -0.05) is 23.7 Å². The predicted octanol–water partition coefficient (Wildman–Crippen LogP) is 3.45. The molecule has 0 saturated carbocycles. The molecule has 0 aliphatic heterocycles. The van der Waals surface area contributed by atoms with Crippen molar-refractivity contribution in [2.45, 2.75) is 31.7 Å². The number of carbonyl (C=O) groups excluding carboxylic acids is 2. The van der Waals surface area contributed by atoms with Gasteiger partial charge in [-0.25, -0.2) is 4.39 Å². The summed E-state index contributed by atoms with van der Waals surface area (Å²) < 4.78 is 56.5. The third kappa shape index (κ3) is 8.72. The van der Waals surface area contributed by atoms with Crippen molar-refractivity contribution < 1.29 is 37.0 Å². The zero-order valence-corrected chi connectivity index (χ0v) is 17.5. The van der Waals surface area contributed by atoms with Crippen molar-refractivity contribution >= 4 is 23.4 Å². The maximum Gasteiger partial charge on any atom is 0.416 e. The highest BCUT2D eigenvalue weighted by molar-refractivity contribution is 6.30. The van der Waals surface area contributed by atoms with Crippen molar-refractivity contribution in [2.75, 3.05) is 13.2 Å². The van der Waals surface area contributed by atoms with Crippen LogP contribution >= 0.6 is 11.6 Å². The SMILES string of the molecule is O=C(COc1ccc(Cl)c(F)c1)NCCC(O)CC(=O)NCc1cccc(C(F)(F)F)c1. The number of rotatable bonds is 10. The summed E-state index contributed by atoms with van der Waals surface area (Å²) in [5, 5.41) is 14.7. The Hall–Kier alpha value is -2.85. The number of aliphatic hydroxyl groups excluding tert-OH is 1. The van der Waals surface area contributed by atoms with Crippen LogP contribution in [0.5, 0.6) is 5.75 Å². The Labute approximate surface area is 186 Å². The minimum atomic E-state index is -4.48. The molecule has 11 heteroatoms. The molecule has 3 N–H and O–H groups in total. The summed E-state index contributed by atoms with van der Waals surface area (Å²) in [5.41, 5.74) is -0.541. The number of ether oxygens (including phenoxy) is 1. The van der Waals surface area contributed by atoms with Gasteiger partial charge < -0.3 is 20.5 Å². The molecule has 0 saturated heterocycles. The van der Waals surface area contributed by atoms with E-state index in [9.17, 15) is 32.3 Å². The summed E-state index contributed by atoms with van der Waals surface area (Å²) in [6, 6.07) is 8.29. The normalized spacial score (nSPS) is 12.2. The number of hydrogen-bond donors (Lipinski definition) is 3. The first kappa shape index (κ1) is 25.4. The van der Waals surface area contributed by atoms with Crippen LogP contribution in [0.4, 0.5) is 17.6 Å². The molecule has 0 aliphatic rings. The van der Waals surface area contributed by atoms with E-state index in [1.165, 1.54) is 24.3 Å². The largest absolute Gasteiger partial charge is 0.484 e. The monoisotopic (exact) mass is 476 g/mol. The first-order chi connectivity index (χ1) is 15.0. The highest BCUT2D eigenvalue weighted by atomic mass is 35.5. The third-order valence-corrected chi connectivity index (χ3v) is 4.53. The number of alkyl halides is 3. The summed E-state index contributed by atoms with van der Waals surface area (Å²) in [5.74, 6) is -1.62. The molecule has 0 heterocycles. The number of benzene rings is 2. The van der Waals surface area contributed by atoms with E-state index in [0.717, 1.165) is 18.2 Å². The summed E-state index contributed by atoms with van der Waals surface area (Å²) >= 11 is 5.55. The van der Waals surface area contributed by atoms with E-state index in [0.29, 0.717) is 0 Å². The molecule has 2 amide bonds. The van der Waals surface area contributed by atoms with Crippen LogP contribution in [0, 0.1) is 5.82 Å². The van der Waals surface area contributed by atoms with Crippen LogP contribution in [0.25, 0.3) is 0 Å². The highest BCUT2D eigenvalue weighted by Crippen LogP contribution is 2.29. The van der Waals surface area contributed by atoms with Crippen LogP contribution in [0.2, 0.25) is 5.02 Å². The Morgan fingerprint density at radius 1 is 1.09 bits per heavy atom. The summed E-state index contributed by atoms with van der Waals surface area (Å²) in [6.07, 6.45) is -5.76. The van der Waals surface area contributed by atoms with Gasteiger partial charge in [-0.3, -0.25) is 9.59 Å². The number of hydrogen-bond acceptors (Lipinski definition) is 4. The molecular weight excluding hydrogens is 456 g/mol. The van der Waals surface area contributed by atoms with Gasteiger partial charge in [-0.15, -0.1) is 0 Å². The molecule has 0 aromatic heterocycles. The van der Waals surface area contributed by atoms with Gasteiger partial charge in [0.15, 0.2) is 6.61 Å². The van der Waals surface area contributed by atoms with E-state index >= 15 is 0 Å². The van der Waals surface area contributed by atoms with E-state index in [1.807, 2.05) is 0 Å². The van der Waals surface area contributed by atoms with Crippen molar-refractivity contribution in [1.82, 2.24) is 10.6 Å². The second kappa shape index (κ2) is 11.7. The molecule has 32 heavy (non-hydrogen) atoms. The average molecular weight is 477 g/mol. The number of aliphatic hydroxyl groups is 1. The molecule has 2 rings (SSSR count). The van der Waals surface area contributed by atoms with Crippen molar-refractivity contribution in [3.63, 3.8) is 0 Å². The fraction of sp³-hybridized carbons (Fsp3) is 0.333. The Kier molecular flexibility index (Phi) is 9.27. The topological polar surface area (TPSA) is 87.7 Å². The maximum atomic E-state index is 13.3. The number of halogens is 5. The summed E-state index contributed by atoms with van der Waals surface area (Å²) in [4.78, 5) is 23.6. The van der Waals surface area contributed by atoms with Crippen LogP contribution in [-0.4, -0.2) is 36.2 Å². The van der Waals surface area contributed by atoms with Crippen molar-refractivity contribution in [2.24, 2.45) is 0 Å². The fourth-order valence-electron chi connectivity index (χ4n) is 2.59. The van der Waals surface area contributed by atoms with E-state index in [1.54, 1.807) is 0 Å². The molecule has 6 nitrogen and oxygen atoms in total. The van der Waals surface area contributed by atoms with Crippen molar-refractivity contribution in [1.29, 1.82) is 0 Å². The van der Waals surface area contributed by atoms with E-state index < -0.39 is 35.5 Å². The average Bonchev–Trinajstić information content (AvgIpc) is 2.72. The molecule has 0 bridgehead atoms. The van der Waals surface area contributed by atoms with Gasteiger partial charge in [0, 0.05) is 19.2 Å².